The van der Waals surface area contributed by atoms with Gasteiger partial charge in [0.1, 0.15) is 0 Å². The first-order chi connectivity index (χ1) is 9.83. The van der Waals surface area contributed by atoms with Crippen LogP contribution in [0, 0.1) is 0 Å². The van der Waals surface area contributed by atoms with Crippen molar-refractivity contribution in [1.82, 2.24) is 9.55 Å². The third-order valence-corrected chi connectivity index (χ3v) is 4.52. The van der Waals surface area contributed by atoms with Gasteiger partial charge in [-0.15, -0.1) is 0 Å². The van der Waals surface area contributed by atoms with Crippen molar-refractivity contribution < 1.29 is 0 Å². The van der Waals surface area contributed by atoms with Gasteiger partial charge in [-0.05, 0) is 30.0 Å². The van der Waals surface area contributed by atoms with Gasteiger partial charge in [0.15, 0.2) is 0 Å². The first-order valence-electron chi connectivity index (χ1n) is 7.59. The fourth-order valence-corrected chi connectivity index (χ4v) is 3.28. The molecular formula is C17H21ClN2. The number of hydrogen-bond acceptors (Lipinski definition) is 1. The van der Waals surface area contributed by atoms with Crippen LogP contribution in [0.3, 0.4) is 0 Å². The first kappa shape index (κ1) is 13.7. The predicted molar refractivity (Wildman–Crippen MR) is 83.2 cm³/mol. The first-order valence-corrected chi connectivity index (χ1v) is 7.97. The number of aromatic nitrogens is 2. The fourth-order valence-electron chi connectivity index (χ4n) is 3.08. The van der Waals surface area contributed by atoms with Gasteiger partial charge in [-0.1, -0.05) is 56.0 Å². The standard InChI is InChI=1S/C17H21ClN2/c18-17-19-16(15-10-6-1-2-7-11-15)13-20(17)12-14-8-4-3-5-9-14/h3-5,8-9,13,15H,1-2,6-7,10-12H2. The number of halogens is 1. The molecule has 1 heterocycles. The molecule has 1 fully saturated rings. The predicted octanol–water partition coefficient (Wildman–Crippen LogP) is 5.02. The summed E-state index contributed by atoms with van der Waals surface area (Å²) in [5.41, 5.74) is 2.45. The molecule has 0 bridgehead atoms. The van der Waals surface area contributed by atoms with E-state index in [0.29, 0.717) is 11.2 Å². The van der Waals surface area contributed by atoms with Crippen molar-refractivity contribution in [2.75, 3.05) is 0 Å². The number of nitrogens with zero attached hydrogens (tertiary/aromatic N) is 2. The summed E-state index contributed by atoms with van der Waals surface area (Å²) in [6, 6.07) is 10.4. The molecule has 1 aliphatic rings. The third-order valence-electron chi connectivity index (χ3n) is 4.22. The summed E-state index contributed by atoms with van der Waals surface area (Å²) >= 11 is 6.31. The Bertz CT molecular complexity index is 539. The van der Waals surface area contributed by atoms with Gasteiger partial charge < -0.3 is 4.57 Å². The highest BCUT2D eigenvalue weighted by Gasteiger charge is 2.18. The topological polar surface area (TPSA) is 17.8 Å². The SMILES string of the molecule is Clc1nc(C2CCCCCC2)cn1Cc1ccccc1. The van der Waals surface area contributed by atoms with Crippen LogP contribution >= 0.6 is 11.6 Å². The number of benzene rings is 1. The lowest BCUT2D eigenvalue weighted by Crippen LogP contribution is -1.99. The molecule has 0 saturated heterocycles. The highest BCUT2D eigenvalue weighted by molar-refractivity contribution is 6.28. The lowest BCUT2D eigenvalue weighted by atomic mass is 9.97. The van der Waals surface area contributed by atoms with Gasteiger partial charge in [-0.3, -0.25) is 0 Å². The van der Waals surface area contributed by atoms with Crippen LogP contribution in [-0.4, -0.2) is 9.55 Å². The summed E-state index contributed by atoms with van der Waals surface area (Å²) in [6.45, 7) is 0.805. The summed E-state index contributed by atoms with van der Waals surface area (Å²) in [7, 11) is 0. The monoisotopic (exact) mass is 288 g/mol. The van der Waals surface area contributed by atoms with Gasteiger partial charge in [-0.2, -0.15) is 0 Å². The molecule has 0 N–H and O–H groups in total. The van der Waals surface area contributed by atoms with Crippen LogP contribution in [0.1, 0.15) is 55.7 Å². The maximum atomic E-state index is 6.31. The Labute approximate surface area is 125 Å². The second-order valence-corrected chi connectivity index (χ2v) is 6.07. The molecule has 3 rings (SSSR count). The van der Waals surface area contributed by atoms with E-state index < -0.39 is 0 Å². The molecule has 0 amide bonds. The minimum atomic E-state index is 0.604. The molecule has 1 aromatic heterocycles. The molecule has 0 radical (unpaired) electrons. The number of rotatable bonds is 3. The molecule has 20 heavy (non-hydrogen) atoms. The Balaban J connectivity index is 1.76. The lowest BCUT2D eigenvalue weighted by molar-refractivity contribution is 0.579. The van der Waals surface area contributed by atoms with E-state index >= 15 is 0 Å². The second kappa shape index (κ2) is 6.45. The zero-order chi connectivity index (χ0) is 13.8. The summed E-state index contributed by atoms with van der Waals surface area (Å²) in [5, 5.41) is 0.619. The van der Waals surface area contributed by atoms with Crippen LogP contribution in [0.2, 0.25) is 5.28 Å². The number of imidazole rings is 1. The van der Waals surface area contributed by atoms with Crippen LogP contribution in [-0.2, 0) is 6.54 Å². The Hall–Kier alpha value is -1.28. The molecular weight excluding hydrogens is 268 g/mol. The Morgan fingerprint density at radius 3 is 2.45 bits per heavy atom. The molecule has 1 aliphatic carbocycles. The van der Waals surface area contributed by atoms with Gasteiger partial charge in [-0.25, -0.2) is 4.98 Å². The summed E-state index contributed by atoms with van der Waals surface area (Å²) in [6.07, 6.45) is 10.1. The third kappa shape index (κ3) is 3.24. The van der Waals surface area contributed by atoms with Gasteiger partial charge >= 0.3 is 0 Å². The highest BCUT2D eigenvalue weighted by atomic mass is 35.5. The molecule has 0 atom stereocenters. The van der Waals surface area contributed by atoms with E-state index in [1.807, 2.05) is 6.07 Å². The average Bonchev–Trinajstić information content (AvgIpc) is 2.70. The smallest absolute Gasteiger partial charge is 0.203 e. The molecule has 106 valence electrons. The van der Waals surface area contributed by atoms with Gasteiger partial charge in [0.2, 0.25) is 5.28 Å². The van der Waals surface area contributed by atoms with Crippen molar-refractivity contribution in [2.24, 2.45) is 0 Å². The normalized spacial score (nSPS) is 17.1. The summed E-state index contributed by atoms with van der Waals surface area (Å²) in [4.78, 5) is 4.60. The largest absolute Gasteiger partial charge is 0.317 e. The van der Waals surface area contributed by atoms with Crippen LogP contribution < -0.4 is 0 Å². The van der Waals surface area contributed by atoms with Crippen molar-refractivity contribution >= 4 is 11.6 Å². The van der Waals surface area contributed by atoms with E-state index in [2.05, 4.69) is 40.0 Å². The Kier molecular flexibility index (Phi) is 4.41. The molecule has 1 aromatic carbocycles. The summed E-state index contributed by atoms with van der Waals surface area (Å²) < 4.78 is 2.07. The van der Waals surface area contributed by atoms with E-state index in [9.17, 15) is 0 Å². The zero-order valence-corrected chi connectivity index (χ0v) is 12.5. The molecule has 0 unspecified atom stereocenters. The van der Waals surface area contributed by atoms with Crippen molar-refractivity contribution in [3.63, 3.8) is 0 Å². The fraction of sp³-hybridized carbons (Fsp3) is 0.471. The van der Waals surface area contributed by atoms with Gasteiger partial charge in [0, 0.05) is 18.7 Å². The quantitative estimate of drug-likeness (QED) is 0.725. The molecule has 3 heteroatoms. The van der Waals surface area contributed by atoms with Gasteiger partial charge in [0.25, 0.3) is 0 Å². The lowest BCUT2D eigenvalue weighted by Gasteiger charge is -2.10. The minimum Gasteiger partial charge on any atom is -0.317 e. The molecule has 2 aromatic rings. The Morgan fingerprint density at radius 2 is 1.75 bits per heavy atom. The van der Waals surface area contributed by atoms with E-state index in [4.69, 9.17) is 11.6 Å². The van der Waals surface area contributed by atoms with Gasteiger partial charge in [0.05, 0.1) is 5.69 Å². The van der Waals surface area contributed by atoms with Crippen molar-refractivity contribution in [1.29, 1.82) is 0 Å². The maximum absolute atomic E-state index is 6.31. The average molecular weight is 289 g/mol. The van der Waals surface area contributed by atoms with E-state index in [1.54, 1.807) is 0 Å². The minimum absolute atomic E-state index is 0.604. The highest BCUT2D eigenvalue weighted by Crippen LogP contribution is 2.31. The molecule has 0 spiro atoms. The van der Waals surface area contributed by atoms with Crippen molar-refractivity contribution in [3.05, 3.63) is 53.1 Å². The number of hydrogen-bond donors (Lipinski definition) is 0. The van der Waals surface area contributed by atoms with Crippen molar-refractivity contribution in [3.8, 4) is 0 Å². The second-order valence-electron chi connectivity index (χ2n) is 5.74. The van der Waals surface area contributed by atoms with Crippen LogP contribution in [0.25, 0.3) is 0 Å². The molecule has 1 saturated carbocycles. The van der Waals surface area contributed by atoms with Crippen molar-refractivity contribution in [2.45, 2.75) is 51.0 Å². The Morgan fingerprint density at radius 1 is 1.05 bits per heavy atom. The molecule has 2 nitrogen and oxygen atoms in total. The molecule has 0 aliphatic heterocycles. The summed E-state index contributed by atoms with van der Waals surface area (Å²) in [5.74, 6) is 0.604. The maximum Gasteiger partial charge on any atom is 0.203 e. The van der Waals surface area contributed by atoms with E-state index in [1.165, 1.54) is 49.8 Å². The zero-order valence-electron chi connectivity index (χ0n) is 11.8. The van der Waals surface area contributed by atoms with E-state index in [0.717, 1.165) is 6.54 Å². The van der Waals surface area contributed by atoms with E-state index in [-0.39, 0.29) is 0 Å². The van der Waals surface area contributed by atoms with Crippen LogP contribution in [0.15, 0.2) is 36.5 Å². The van der Waals surface area contributed by atoms with Crippen LogP contribution in [0.5, 0.6) is 0 Å². The van der Waals surface area contributed by atoms with Crippen LogP contribution in [0.4, 0.5) is 0 Å².